The Balaban J connectivity index is 2.05. The maximum absolute atomic E-state index is 6.02. The van der Waals surface area contributed by atoms with Crippen LogP contribution in [0.2, 0.25) is 5.02 Å². The third-order valence-corrected chi connectivity index (χ3v) is 2.60. The third-order valence-electron chi connectivity index (χ3n) is 2.23. The highest BCUT2D eigenvalue weighted by atomic mass is 35.5. The Morgan fingerprint density at radius 3 is 2.88 bits per heavy atom. The minimum Gasteiger partial charge on any atom is -0.473 e. The average Bonchev–Trinajstić information content (AvgIpc) is 2.38. The molecule has 17 heavy (non-hydrogen) atoms. The summed E-state index contributed by atoms with van der Waals surface area (Å²) in [5, 5.41) is 3.61. The van der Waals surface area contributed by atoms with Gasteiger partial charge in [-0.15, -0.1) is 0 Å². The number of benzene rings is 1. The van der Waals surface area contributed by atoms with E-state index in [9.17, 15) is 0 Å². The van der Waals surface area contributed by atoms with E-state index >= 15 is 0 Å². The molecule has 0 unspecified atom stereocenters. The molecule has 1 aromatic heterocycles. The molecular weight excluding hydrogens is 238 g/mol. The summed E-state index contributed by atoms with van der Waals surface area (Å²) in [5.41, 5.74) is 0.929. The highest BCUT2D eigenvalue weighted by molar-refractivity contribution is 6.31. The van der Waals surface area contributed by atoms with Crippen molar-refractivity contribution in [1.82, 2.24) is 9.97 Å². The summed E-state index contributed by atoms with van der Waals surface area (Å²) >= 11 is 6.02. The van der Waals surface area contributed by atoms with E-state index in [2.05, 4.69) is 15.3 Å². The molecule has 1 aromatic carbocycles. The first-order valence-corrected chi connectivity index (χ1v) is 5.53. The number of hydrogen-bond donors (Lipinski definition) is 1. The molecule has 0 saturated heterocycles. The van der Waals surface area contributed by atoms with Crippen LogP contribution in [0.1, 0.15) is 5.56 Å². The van der Waals surface area contributed by atoms with Gasteiger partial charge in [-0.1, -0.05) is 29.8 Å². The van der Waals surface area contributed by atoms with Crippen molar-refractivity contribution in [1.29, 1.82) is 0 Å². The molecule has 0 aliphatic rings. The number of hydrogen-bond acceptors (Lipinski definition) is 4. The van der Waals surface area contributed by atoms with Crippen molar-refractivity contribution in [2.24, 2.45) is 0 Å². The van der Waals surface area contributed by atoms with Gasteiger partial charge in [-0.2, -0.15) is 0 Å². The molecule has 88 valence electrons. The number of ether oxygens (including phenoxy) is 1. The Labute approximate surface area is 105 Å². The number of aromatic nitrogens is 2. The van der Waals surface area contributed by atoms with E-state index in [0.717, 1.165) is 5.56 Å². The molecule has 1 heterocycles. The predicted octanol–water partition coefficient (Wildman–Crippen LogP) is 2.75. The average molecular weight is 250 g/mol. The predicted molar refractivity (Wildman–Crippen MR) is 67.4 cm³/mol. The van der Waals surface area contributed by atoms with Crippen LogP contribution in [0.25, 0.3) is 0 Å². The van der Waals surface area contributed by atoms with Gasteiger partial charge in [0.15, 0.2) is 0 Å². The van der Waals surface area contributed by atoms with Gasteiger partial charge in [-0.05, 0) is 6.07 Å². The molecule has 0 spiro atoms. The van der Waals surface area contributed by atoms with E-state index in [-0.39, 0.29) is 0 Å². The number of rotatable bonds is 4. The van der Waals surface area contributed by atoms with Crippen LogP contribution in [0, 0.1) is 0 Å². The number of nitrogens with zero attached hydrogens (tertiary/aromatic N) is 2. The quantitative estimate of drug-likeness (QED) is 0.905. The van der Waals surface area contributed by atoms with Crippen LogP contribution in [-0.4, -0.2) is 17.0 Å². The van der Waals surface area contributed by atoms with E-state index in [0.29, 0.717) is 23.3 Å². The molecule has 0 aliphatic carbocycles. The molecule has 0 saturated carbocycles. The van der Waals surface area contributed by atoms with Crippen molar-refractivity contribution in [3.8, 4) is 5.88 Å². The fraction of sp³-hybridized carbons (Fsp3) is 0.167. The molecule has 2 aromatic rings. The summed E-state index contributed by atoms with van der Waals surface area (Å²) in [6, 6.07) is 9.29. The first-order chi connectivity index (χ1) is 8.29. The van der Waals surface area contributed by atoms with Crippen molar-refractivity contribution in [2.45, 2.75) is 6.61 Å². The normalized spacial score (nSPS) is 10.0. The van der Waals surface area contributed by atoms with Crippen LogP contribution in [0.3, 0.4) is 0 Å². The van der Waals surface area contributed by atoms with Gasteiger partial charge in [0.05, 0.1) is 0 Å². The van der Waals surface area contributed by atoms with E-state index in [1.165, 1.54) is 6.33 Å². The molecule has 0 fully saturated rings. The van der Waals surface area contributed by atoms with Gasteiger partial charge < -0.3 is 10.1 Å². The second kappa shape index (κ2) is 5.50. The van der Waals surface area contributed by atoms with Crippen LogP contribution >= 0.6 is 11.6 Å². The van der Waals surface area contributed by atoms with Gasteiger partial charge in [0, 0.05) is 23.7 Å². The monoisotopic (exact) mass is 249 g/mol. The standard InChI is InChI=1S/C12H12ClN3O/c1-14-11-6-12(16-8-15-11)17-7-9-4-2-3-5-10(9)13/h2-6,8H,7H2,1H3,(H,14,15,16). The first-order valence-electron chi connectivity index (χ1n) is 5.15. The summed E-state index contributed by atoms with van der Waals surface area (Å²) in [7, 11) is 1.79. The zero-order valence-electron chi connectivity index (χ0n) is 9.35. The second-order valence-electron chi connectivity index (χ2n) is 3.37. The molecule has 0 atom stereocenters. The Hall–Kier alpha value is -1.81. The van der Waals surface area contributed by atoms with E-state index in [1.54, 1.807) is 13.1 Å². The van der Waals surface area contributed by atoms with Crippen LogP contribution in [0.15, 0.2) is 36.7 Å². The van der Waals surface area contributed by atoms with Crippen molar-refractivity contribution < 1.29 is 4.74 Å². The van der Waals surface area contributed by atoms with Crippen molar-refractivity contribution in [2.75, 3.05) is 12.4 Å². The molecular formula is C12H12ClN3O. The minimum absolute atomic E-state index is 0.389. The van der Waals surface area contributed by atoms with Crippen LogP contribution < -0.4 is 10.1 Å². The maximum Gasteiger partial charge on any atom is 0.218 e. The SMILES string of the molecule is CNc1cc(OCc2ccccc2Cl)ncn1. The lowest BCUT2D eigenvalue weighted by atomic mass is 10.2. The molecule has 2 rings (SSSR count). The van der Waals surface area contributed by atoms with E-state index in [4.69, 9.17) is 16.3 Å². The third kappa shape index (κ3) is 3.07. The lowest BCUT2D eigenvalue weighted by molar-refractivity contribution is 0.293. The van der Waals surface area contributed by atoms with Crippen molar-refractivity contribution in [3.63, 3.8) is 0 Å². The topological polar surface area (TPSA) is 47.0 Å². The summed E-state index contributed by atoms with van der Waals surface area (Å²) in [6.45, 7) is 0.389. The van der Waals surface area contributed by atoms with Gasteiger partial charge in [0.25, 0.3) is 0 Å². The van der Waals surface area contributed by atoms with Crippen molar-refractivity contribution >= 4 is 17.4 Å². The van der Waals surface area contributed by atoms with Gasteiger partial charge in [-0.25, -0.2) is 9.97 Å². The first kappa shape index (κ1) is 11.7. The largest absolute Gasteiger partial charge is 0.473 e. The van der Waals surface area contributed by atoms with Gasteiger partial charge >= 0.3 is 0 Å². The Kier molecular flexibility index (Phi) is 3.77. The van der Waals surface area contributed by atoms with Crippen molar-refractivity contribution in [3.05, 3.63) is 47.2 Å². The van der Waals surface area contributed by atoms with Gasteiger partial charge in [0.1, 0.15) is 18.8 Å². The second-order valence-corrected chi connectivity index (χ2v) is 3.78. The lowest BCUT2D eigenvalue weighted by Crippen LogP contribution is -2.00. The van der Waals surface area contributed by atoms with Gasteiger partial charge in [-0.3, -0.25) is 0 Å². The molecule has 0 amide bonds. The number of anilines is 1. The van der Waals surface area contributed by atoms with Crippen LogP contribution in [0.5, 0.6) is 5.88 Å². The highest BCUT2D eigenvalue weighted by Crippen LogP contribution is 2.18. The fourth-order valence-electron chi connectivity index (χ4n) is 1.32. The van der Waals surface area contributed by atoms with Crippen LogP contribution in [0.4, 0.5) is 5.82 Å². The summed E-state index contributed by atoms with van der Waals surface area (Å²) in [5.74, 6) is 1.23. The lowest BCUT2D eigenvalue weighted by Gasteiger charge is -2.07. The molecule has 1 N–H and O–H groups in total. The van der Waals surface area contributed by atoms with E-state index in [1.807, 2.05) is 24.3 Å². The fourth-order valence-corrected chi connectivity index (χ4v) is 1.51. The molecule has 4 nitrogen and oxygen atoms in total. The maximum atomic E-state index is 6.02. The zero-order chi connectivity index (χ0) is 12.1. The molecule has 0 bridgehead atoms. The van der Waals surface area contributed by atoms with Gasteiger partial charge in [0.2, 0.25) is 5.88 Å². The van der Waals surface area contributed by atoms with Crippen LogP contribution in [-0.2, 0) is 6.61 Å². The molecule has 0 aliphatic heterocycles. The number of halogens is 1. The Morgan fingerprint density at radius 1 is 1.29 bits per heavy atom. The smallest absolute Gasteiger partial charge is 0.218 e. The summed E-state index contributed by atoms with van der Waals surface area (Å²) in [4.78, 5) is 8.02. The Bertz CT molecular complexity index is 505. The number of nitrogens with one attached hydrogen (secondary N) is 1. The summed E-state index contributed by atoms with van der Waals surface area (Å²) in [6.07, 6.45) is 1.45. The van der Waals surface area contributed by atoms with E-state index < -0.39 is 0 Å². The Morgan fingerprint density at radius 2 is 2.12 bits per heavy atom. The molecule has 5 heteroatoms. The molecule has 0 radical (unpaired) electrons. The summed E-state index contributed by atoms with van der Waals surface area (Å²) < 4.78 is 5.54. The highest BCUT2D eigenvalue weighted by Gasteiger charge is 2.02. The minimum atomic E-state index is 0.389. The zero-order valence-corrected chi connectivity index (χ0v) is 10.1.